The highest BCUT2D eigenvalue weighted by atomic mass is 35.5. The lowest BCUT2D eigenvalue weighted by atomic mass is 9.89. The van der Waals surface area contributed by atoms with Crippen LogP contribution in [0.25, 0.3) is 21.9 Å². The number of halogens is 3. The predicted molar refractivity (Wildman–Crippen MR) is 125 cm³/mol. The van der Waals surface area contributed by atoms with Crippen LogP contribution in [0.4, 0.5) is 8.78 Å². The number of fused-ring (bicyclic) bond motifs is 1. The van der Waals surface area contributed by atoms with Crippen molar-refractivity contribution in [2.45, 2.75) is 23.1 Å². The van der Waals surface area contributed by atoms with Gasteiger partial charge in [-0.15, -0.1) is 0 Å². The van der Waals surface area contributed by atoms with Crippen LogP contribution >= 0.6 is 23.4 Å². The lowest BCUT2D eigenvalue weighted by Gasteiger charge is -2.16. The molecule has 0 aliphatic heterocycles. The Morgan fingerprint density at radius 3 is 2.34 bits per heavy atom. The van der Waals surface area contributed by atoms with E-state index in [0.29, 0.717) is 9.92 Å². The number of methoxy groups -OCH3 is 1. The van der Waals surface area contributed by atoms with E-state index in [4.69, 9.17) is 16.3 Å². The summed E-state index contributed by atoms with van der Waals surface area (Å²) in [4.78, 5) is 12.6. The summed E-state index contributed by atoms with van der Waals surface area (Å²) in [5.41, 5.74) is 3.69. The molecule has 0 aliphatic carbocycles. The van der Waals surface area contributed by atoms with Crippen molar-refractivity contribution >= 4 is 40.1 Å². The first-order chi connectivity index (χ1) is 15.4. The van der Waals surface area contributed by atoms with Gasteiger partial charge in [-0.3, -0.25) is 4.79 Å². The van der Waals surface area contributed by atoms with Crippen LogP contribution in [0.3, 0.4) is 0 Å². The van der Waals surface area contributed by atoms with E-state index in [1.165, 1.54) is 25.3 Å². The molecule has 32 heavy (non-hydrogen) atoms. The van der Waals surface area contributed by atoms with Gasteiger partial charge in [0.1, 0.15) is 11.6 Å². The molecule has 2 nitrogen and oxygen atoms in total. The first-order valence-corrected chi connectivity index (χ1v) is 11.1. The maximum Gasteiger partial charge on any atom is 0.309 e. The van der Waals surface area contributed by atoms with Gasteiger partial charge in [0.05, 0.1) is 18.4 Å². The number of carbonyl (C=O) groups excluding carboxylic acids is 1. The molecule has 0 aromatic heterocycles. The summed E-state index contributed by atoms with van der Waals surface area (Å²) in [7, 11) is 1.37. The van der Waals surface area contributed by atoms with Crippen LogP contribution in [0.1, 0.15) is 11.1 Å². The maximum absolute atomic E-state index is 14.0. The van der Waals surface area contributed by atoms with Gasteiger partial charge in [0.25, 0.3) is 0 Å². The second-order valence-electron chi connectivity index (χ2n) is 7.33. The Morgan fingerprint density at radius 2 is 1.69 bits per heavy atom. The van der Waals surface area contributed by atoms with Crippen molar-refractivity contribution < 1.29 is 18.3 Å². The van der Waals surface area contributed by atoms with Crippen LogP contribution in [-0.2, 0) is 16.0 Å². The molecule has 4 aromatic rings. The lowest BCUT2D eigenvalue weighted by molar-refractivity contribution is -0.139. The van der Waals surface area contributed by atoms with Crippen LogP contribution in [0.2, 0.25) is 5.02 Å². The van der Waals surface area contributed by atoms with Gasteiger partial charge in [0, 0.05) is 9.92 Å². The summed E-state index contributed by atoms with van der Waals surface area (Å²) in [6.07, 6.45) is 0.161. The minimum Gasteiger partial charge on any atom is -0.469 e. The normalized spacial score (nSPS) is 11.0. The second kappa shape index (κ2) is 9.31. The number of benzene rings is 4. The average molecular weight is 469 g/mol. The van der Waals surface area contributed by atoms with E-state index in [-0.39, 0.29) is 17.3 Å². The molecule has 0 aliphatic rings. The summed E-state index contributed by atoms with van der Waals surface area (Å²) in [6.45, 7) is 1.96. The second-order valence-corrected chi connectivity index (χ2v) is 8.85. The first kappa shape index (κ1) is 22.3. The van der Waals surface area contributed by atoms with Crippen molar-refractivity contribution in [1.29, 1.82) is 0 Å². The highest BCUT2D eigenvalue weighted by Gasteiger charge is 2.16. The van der Waals surface area contributed by atoms with Crippen LogP contribution in [0.5, 0.6) is 0 Å². The van der Waals surface area contributed by atoms with Gasteiger partial charge in [-0.05, 0) is 76.3 Å². The van der Waals surface area contributed by atoms with Crippen LogP contribution in [0, 0.1) is 18.6 Å². The Labute approximate surface area is 194 Å². The van der Waals surface area contributed by atoms with E-state index in [1.54, 1.807) is 0 Å². The van der Waals surface area contributed by atoms with E-state index in [9.17, 15) is 13.6 Å². The van der Waals surface area contributed by atoms with Crippen molar-refractivity contribution in [2.75, 3.05) is 7.11 Å². The summed E-state index contributed by atoms with van der Waals surface area (Å²) in [6, 6.07) is 18.9. The fourth-order valence-electron chi connectivity index (χ4n) is 3.70. The highest BCUT2D eigenvalue weighted by Crippen LogP contribution is 2.38. The third-order valence-corrected chi connectivity index (χ3v) is 6.65. The molecule has 0 spiro atoms. The van der Waals surface area contributed by atoms with E-state index in [2.05, 4.69) is 0 Å². The largest absolute Gasteiger partial charge is 0.469 e. The van der Waals surface area contributed by atoms with Crippen molar-refractivity contribution in [1.82, 2.24) is 0 Å². The molecule has 0 saturated carbocycles. The Hall–Kier alpha value is -2.89. The molecule has 0 amide bonds. The molecule has 0 heterocycles. The molecule has 162 valence electrons. The number of ether oxygens (including phenoxy) is 1. The molecule has 0 atom stereocenters. The van der Waals surface area contributed by atoms with Gasteiger partial charge in [-0.2, -0.15) is 0 Å². The Kier molecular flexibility index (Phi) is 6.49. The van der Waals surface area contributed by atoms with Crippen LogP contribution in [0.15, 0.2) is 76.5 Å². The van der Waals surface area contributed by atoms with Gasteiger partial charge < -0.3 is 4.74 Å². The average Bonchev–Trinajstić information content (AvgIpc) is 2.78. The van der Waals surface area contributed by atoms with Crippen molar-refractivity contribution in [3.05, 3.63) is 94.5 Å². The van der Waals surface area contributed by atoms with E-state index < -0.39 is 11.6 Å². The minimum absolute atomic E-state index is 0.0336. The topological polar surface area (TPSA) is 26.3 Å². The van der Waals surface area contributed by atoms with Gasteiger partial charge in [0.2, 0.25) is 0 Å². The summed E-state index contributed by atoms with van der Waals surface area (Å²) in [5, 5.41) is 2.53. The fourth-order valence-corrected chi connectivity index (χ4v) is 4.71. The van der Waals surface area contributed by atoms with E-state index in [1.807, 2.05) is 55.5 Å². The minimum atomic E-state index is -0.592. The molecule has 0 fully saturated rings. The Bertz CT molecular complexity index is 1300. The SMILES string of the molecule is COC(=O)Cc1cc2ccc(Cl)cc2c(-c2ccc(Sc3c(F)cccc3F)cc2)c1C. The third kappa shape index (κ3) is 4.50. The van der Waals surface area contributed by atoms with Gasteiger partial charge in [0.15, 0.2) is 0 Å². The predicted octanol–water partition coefficient (Wildman–Crippen LogP) is 7.61. The maximum atomic E-state index is 14.0. The molecule has 0 radical (unpaired) electrons. The zero-order chi connectivity index (χ0) is 22.8. The molecule has 0 unspecified atom stereocenters. The van der Waals surface area contributed by atoms with Crippen LogP contribution in [-0.4, -0.2) is 13.1 Å². The number of hydrogen-bond donors (Lipinski definition) is 0. The van der Waals surface area contributed by atoms with Crippen molar-refractivity contribution in [2.24, 2.45) is 0 Å². The number of carbonyl (C=O) groups is 1. The molecule has 0 saturated heterocycles. The number of rotatable bonds is 5. The smallest absolute Gasteiger partial charge is 0.309 e. The summed E-state index contributed by atoms with van der Waals surface area (Å²) < 4.78 is 32.9. The zero-order valence-corrected chi connectivity index (χ0v) is 19.0. The van der Waals surface area contributed by atoms with Crippen LogP contribution < -0.4 is 0 Å². The molecular weight excluding hydrogens is 450 g/mol. The molecular formula is C26H19ClF2O2S. The monoisotopic (exact) mass is 468 g/mol. The zero-order valence-electron chi connectivity index (χ0n) is 17.4. The number of hydrogen-bond acceptors (Lipinski definition) is 3. The fraction of sp³-hybridized carbons (Fsp3) is 0.115. The highest BCUT2D eigenvalue weighted by molar-refractivity contribution is 7.99. The van der Waals surface area contributed by atoms with Crippen molar-refractivity contribution in [3.63, 3.8) is 0 Å². The Morgan fingerprint density at radius 1 is 1.00 bits per heavy atom. The first-order valence-electron chi connectivity index (χ1n) is 9.88. The van der Waals surface area contributed by atoms with E-state index >= 15 is 0 Å². The molecule has 4 rings (SSSR count). The standard InChI is InChI=1S/C26H19ClF2O2S/c1-15-18(13-24(30)31-2)12-17-6-9-19(27)14-21(17)25(15)16-7-10-20(11-8-16)32-26-22(28)4-3-5-23(26)29/h3-12,14H,13H2,1-2H3. The van der Waals surface area contributed by atoms with Gasteiger partial charge in [-0.25, -0.2) is 8.78 Å². The quantitative estimate of drug-likeness (QED) is 0.282. The van der Waals surface area contributed by atoms with E-state index in [0.717, 1.165) is 44.8 Å². The Balaban J connectivity index is 1.79. The molecule has 4 aromatic carbocycles. The molecule has 6 heteroatoms. The summed E-state index contributed by atoms with van der Waals surface area (Å²) >= 11 is 7.31. The van der Waals surface area contributed by atoms with Gasteiger partial charge in [-0.1, -0.05) is 53.7 Å². The summed E-state index contributed by atoms with van der Waals surface area (Å²) in [5.74, 6) is -1.50. The lowest BCUT2D eigenvalue weighted by Crippen LogP contribution is -2.06. The molecule has 0 N–H and O–H groups in total. The number of esters is 1. The van der Waals surface area contributed by atoms with Crippen molar-refractivity contribution in [3.8, 4) is 11.1 Å². The third-order valence-electron chi connectivity index (χ3n) is 5.32. The van der Waals surface area contributed by atoms with Gasteiger partial charge >= 0.3 is 5.97 Å². The molecule has 0 bridgehead atoms.